The molecule has 0 aliphatic carbocycles. The fraction of sp³-hybridized carbons (Fsp3) is 0.417. The van der Waals surface area contributed by atoms with Gasteiger partial charge in [0.15, 0.2) is 0 Å². The Kier molecular flexibility index (Phi) is 6.41. The third kappa shape index (κ3) is 4.45. The molecule has 6 nitrogen and oxygen atoms in total. The number of carbonyl (C=O) groups is 1. The maximum absolute atomic E-state index is 12.0. The maximum Gasteiger partial charge on any atom is 0.326 e. The monoisotopic (exact) mass is 321 g/mol. The lowest BCUT2D eigenvalue weighted by atomic mass is 10.2. The van der Waals surface area contributed by atoms with E-state index < -0.39 is 28.6 Å². The molecule has 0 aromatic heterocycles. The summed E-state index contributed by atoms with van der Waals surface area (Å²) in [6.07, 6.45) is 0.636. The molecule has 0 fully saturated rings. The van der Waals surface area contributed by atoms with Crippen LogP contribution in [-0.4, -0.2) is 45.1 Å². The van der Waals surface area contributed by atoms with Gasteiger partial charge in [0, 0.05) is 5.88 Å². The van der Waals surface area contributed by atoms with Crippen molar-refractivity contribution in [1.82, 2.24) is 4.72 Å². The number of esters is 1. The summed E-state index contributed by atoms with van der Waals surface area (Å²) in [7, 11) is -2.79. The van der Waals surface area contributed by atoms with Gasteiger partial charge in [0.05, 0.1) is 18.6 Å². The first kappa shape index (κ1) is 16.9. The summed E-state index contributed by atoms with van der Waals surface area (Å²) < 4.78 is 30.5. The van der Waals surface area contributed by atoms with E-state index in [2.05, 4.69) is 9.46 Å². The number of hydrogen-bond donors (Lipinski definition) is 2. The van der Waals surface area contributed by atoms with Gasteiger partial charge in [-0.15, -0.1) is 11.6 Å². The van der Waals surface area contributed by atoms with Crippen LogP contribution in [-0.2, 0) is 26.0 Å². The zero-order valence-corrected chi connectivity index (χ0v) is 12.4. The minimum absolute atomic E-state index is 0.00169. The van der Waals surface area contributed by atoms with Crippen LogP contribution in [0.4, 0.5) is 0 Å². The first-order chi connectivity index (χ1) is 9.44. The molecule has 1 atom stereocenters. The van der Waals surface area contributed by atoms with Gasteiger partial charge in [0.25, 0.3) is 0 Å². The summed E-state index contributed by atoms with van der Waals surface area (Å²) in [6.45, 7) is -0.684. The lowest BCUT2D eigenvalue weighted by Gasteiger charge is -2.14. The Morgan fingerprint density at radius 1 is 1.40 bits per heavy atom. The van der Waals surface area contributed by atoms with Crippen LogP contribution < -0.4 is 4.72 Å². The number of sulfonamides is 1. The second-order valence-corrected chi connectivity index (χ2v) is 6.05. The number of benzene rings is 1. The third-order valence-corrected chi connectivity index (χ3v) is 4.26. The Balaban J connectivity index is 2.90. The van der Waals surface area contributed by atoms with Gasteiger partial charge in [-0.1, -0.05) is 12.1 Å². The van der Waals surface area contributed by atoms with E-state index in [-0.39, 0.29) is 4.90 Å². The van der Waals surface area contributed by atoms with Crippen molar-refractivity contribution >= 4 is 27.6 Å². The summed E-state index contributed by atoms with van der Waals surface area (Å²) >= 11 is 5.59. The molecule has 1 aromatic rings. The van der Waals surface area contributed by atoms with E-state index in [4.69, 9.17) is 16.7 Å². The summed E-state index contributed by atoms with van der Waals surface area (Å²) in [5.41, 5.74) is 0.908. The molecule has 0 saturated carbocycles. The van der Waals surface area contributed by atoms with Crippen LogP contribution in [0.15, 0.2) is 29.2 Å². The van der Waals surface area contributed by atoms with Gasteiger partial charge < -0.3 is 9.84 Å². The molecule has 2 N–H and O–H groups in total. The first-order valence-electron chi connectivity index (χ1n) is 5.80. The van der Waals surface area contributed by atoms with Crippen LogP contribution in [0.1, 0.15) is 5.56 Å². The lowest BCUT2D eigenvalue weighted by Crippen LogP contribution is -2.43. The molecule has 0 amide bonds. The van der Waals surface area contributed by atoms with Crippen molar-refractivity contribution in [3.8, 4) is 0 Å². The molecule has 0 aliphatic heterocycles. The molecule has 0 heterocycles. The van der Waals surface area contributed by atoms with Crippen molar-refractivity contribution in [2.75, 3.05) is 19.6 Å². The average molecular weight is 322 g/mol. The summed E-state index contributed by atoms with van der Waals surface area (Å²) in [6, 6.07) is 4.78. The molecule has 20 heavy (non-hydrogen) atoms. The van der Waals surface area contributed by atoms with Crippen LogP contribution in [0.2, 0.25) is 0 Å². The van der Waals surface area contributed by atoms with Gasteiger partial charge in [-0.3, -0.25) is 4.79 Å². The first-order valence-corrected chi connectivity index (χ1v) is 7.82. The zero-order chi connectivity index (χ0) is 15.2. The largest absolute Gasteiger partial charge is 0.468 e. The molecule has 1 aromatic carbocycles. The highest BCUT2D eigenvalue weighted by molar-refractivity contribution is 7.89. The van der Waals surface area contributed by atoms with E-state index in [1.54, 1.807) is 12.1 Å². The highest BCUT2D eigenvalue weighted by atomic mass is 35.5. The number of rotatable bonds is 7. The number of halogens is 1. The van der Waals surface area contributed by atoms with Crippen LogP contribution in [0.25, 0.3) is 0 Å². The van der Waals surface area contributed by atoms with E-state index >= 15 is 0 Å². The molecule has 0 aliphatic rings. The van der Waals surface area contributed by atoms with E-state index in [0.717, 1.165) is 12.7 Å². The summed E-state index contributed by atoms with van der Waals surface area (Å²) in [5, 5.41) is 9.01. The number of nitrogens with one attached hydrogen (secondary N) is 1. The lowest BCUT2D eigenvalue weighted by molar-refractivity contribution is -0.143. The van der Waals surface area contributed by atoms with Crippen LogP contribution in [0, 0.1) is 0 Å². The molecule has 0 bridgehead atoms. The second kappa shape index (κ2) is 7.58. The second-order valence-electron chi connectivity index (χ2n) is 3.96. The molecular weight excluding hydrogens is 306 g/mol. The van der Waals surface area contributed by atoms with Crippen molar-refractivity contribution < 1.29 is 23.1 Å². The molecule has 1 unspecified atom stereocenters. The van der Waals surface area contributed by atoms with Crippen molar-refractivity contribution in [2.24, 2.45) is 0 Å². The van der Waals surface area contributed by atoms with Crippen LogP contribution in [0.3, 0.4) is 0 Å². The number of methoxy groups -OCH3 is 1. The van der Waals surface area contributed by atoms with Crippen molar-refractivity contribution in [3.05, 3.63) is 29.8 Å². The average Bonchev–Trinajstić information content (AvgIpc) is 2.45. The van der Waals surface area contributed by atoms with E-state index in [9.17, 15) is 13.2 Å². The van der Waals surface area contributed by atoms with Gasteiger partial charge in [-0.25, -0.2) is 8.42 Å². The highest BCUT2D eigenvalue weighted by Crippen LogP contribution is 2.12. The molecule has 1 rings (SSSR count). The third-order valence-electron chi connectivity index (χ3n) is 2.58. The zero-order valence-electron chi connectivity index (χ0n) is 10.9. The van der Waals surface area contributed by atoms with Crippen LogP contribution >= 0.6 is 11.6 Å². The van der Waals surface area contributed by atoms with E-state index in [1.165, 1.54) is 12.1 Å². The molecule has 8 heteroatoms. The number of aryl methyl sites for hydroxylation is 1. The fourth-order valence-corrected chi connectivity index (χ4v) is 2.90. The molecule has 0 radical (unpaired) electrons. The van der Waals surface area contributed by atoms with Gasteiger partial charge in [0.2, 0.25) is 10.0 Å². The normalized spacial score (nSPS) is 12.9. The number of aliphatic hydroxyl groups excluding tert-OH is 1. The van der Waals surface area contributed by atoms with Gasteiger partial charge in [-0.2, -0.15) is 4.72 Å². The van der Waals surface area contributed by atoms with Crippen LogP contribution in [0.5, 0.6) is 0 Å². The number of hydrogen-bond acceptors (Lipinski definition) is 5. The Bertz CT molecular complexity index is 543. The predicted octanol–water partition coefficient (Wildman–Crippen LogP) is 0.280. The fourth-order valence-electron chi connectivity index (χ4n) is 1.50. The maximum atomic E-state index is 12.0. The van der Waals surface area contributed by atoms with Crippen molar-refractivity contribution in [1.29, 1.82) is 0 Å². The van der Waals surface area contributed by atoms with Crippen molar-refractivity contribution in [2.45, 2.75) is 17.4 Å². The molecular formula is C12H16ClNO5S. The summed E-state index contributed by atoms with van der Waals surface area (Å²) in [5.74, 6) is -0.408. The minimum atomic E-state index is -3.90. The summed E-state index contributed by atoms with van der Waals surface area (Å²) in [4.78, 5) is 11.3. The smallest absolute Gasteiger partial charge is 0.326 e. The Morgan fingerprint density at radius 3 is 2.45 bits per heavy atom. The number of ether oxygens (including phenoxy) is 1. The van der Waals surface area contributed by atoms with Crippen molar-refractivity contribution in [3.63, 3.8) is 0 Å². The number of alkyl halides is 1. The van der Waals surface area contributed by atoms with Gasteiger partial charge in [0.1, 0.15) is 6.04 Å². The quantitative estimate of drug-likeness (QED) is 0.556. The molecule has 0 spiro atoms. The Labute approximate surface area is 122 Å². The molecule has 112 valence electrons. The van der Waals surface area contributed by atoms with E-state index in [0.29, 0.717) is 12.3 Å². The van der Waals surface area contributed by atoms with Gasteiger partial charge in [-0.05, 0) is 24.1 Å². The Hall–Kier alpha value is -1.15. The standard InChI is InChI=1S/C12H16ClNO5S/c1-19-12(16)11(8-15)14-20(17,18)10-4-2-9(3-5-10)6-7-13/h2-5,11,14-15H,6-8H2,1H3. The molecule has 0 saturated heterocycles. The number of carbonyl (C=O) groups excluding carboxylic acids is 1. The number of aliphatic hydroxyl groups is 1. The predicted molar refractivity (Wildman–Crippen MR) is 74.1 cm³/mol. The SMILES string of the molecule is COC(=O)C(CO)NS(=O)(=O)c1ccc(CCCl)cc1. The minimum Gasteiger partial charge on any atom is -0.468 e. The Morgan fingerprint density at radius 2 is 2.00 bits per heavy atom. The van der Waals surface area contributed by atoms with E-state index in [1.807, 2.05) is 0 Å². The van der Waals surface area contributed by atoms with Gasteiger partial charge >= 0.3 is 5.97 Å². The topological polar surface area (TPSA) is 92.7 Å². The highest BCUT2D eigenvalue weighted by Gasteiger charge is 2.25.